The van der Waals surface area contributed by atoms with Gasteiger partial charge in [-0.1, -0.05) is 0 Å². The first kappa shape index (κ1) is 6.01. The van der Waals surface area contributed by atoms with E-state index in [4.69, 9.17) is 10.5 Å². The smallest absolute Gasteiger partial charge is 0.102 e. The molecule has 0 spiro atoms. The second-order valence-electron chi connectivity index (χ2n) is 2.48. The largest absolute Gasteiger partial charge is 0.386 e. The minimum atomic E-state index is -0.792. The molecule has 1 aliphatic heterocycles. The predicted octanol–water partition coefficient (Wildman–Crippen LogP) is -0.905. The lowest BCUT2D eigenvalue weighted by Gasteiger charge is -2.18. The Morgan fingerprint density at radius 1 is 1.88 bits per heavy atom. The van der Waals surface area contributed by atoms with Gasteiger partial charge in [-0.25, -0.2) is 0 Å². The van der Waals surface area contributed by atoms with Crippen LogP contribution in [-0.4, -0.2) is 30.0 Å². The van der Waals surface area contributed by atoms with Crippen LogP contribution in [-0.2, 0) is 4.74 Å². The van der Waals surface area contributed by atoms with Gasteiger partial charge in [0.25, 0.3) is 0 Å². The average molecular weight is 117 g/mol. The number of nitrogens with two attached hydrogens (primary N) is 1. The van der Waals surface area contributed by atoms with E-state index in [-0.39, 0.29) is 6.04 Å². The molecular weight excluding hydrogens is 106 g/mol. The second-order valence-corrected chi connectivity index (χ2v) is 2.48. The quantitative estimate of drug-likeness (QED) is 0.432. The minimum absolute atomic E-state index is 0.206. The lowest BCUT2D eigenvalue weighted by molar-refractivity contribution is 0.0361. The minimum Gasteiger partial charge on any atom is -0.386 e. The molecule has 0 aromatic carbocycles. The van der Waals surface area contributed by atoms with Crippen LogP contribution in [0.25, 0.3) is 0 Å². The van der Waals surface area contributed by atoms with Crippen molar-refractivity contribution < 1.29 is 9.84 Å². The molecule has 3 N–H and O–H groups in total. The highest BCUT2D eigenvalue weighted by molar-refractivity contribution is 4.89. The summed E-state index contributed by atoms with van der Waals surface area (Å²) in [5.74, 6) is 0. The zero-order chi connectivity index (χ0) is 6.20. The lowest BCUT2D eigenvalue weighted by atomic mass is 10.0. The van der Waals surface area contributed by atoms with Crippen molar-refractivity contribution in [2.75, 3.05) is 13.2 Å². The molecule has 0 aromatic rings. The average Bonchev–Trinajstić information content (AvgIpc) is 1.86. The predicted molar refractivity (Wildman–Crippen MR) is 29.4 cm³/mol. The van der Waals surface area contributed by atoms with Gasteiger partial charge in [-0.15, -0.1) is 0 Å². The molecule has 1 saturated heterocycles. The second kappa shape index (κ2) is 1.69. The van der Waals surface area contributed by atoms with E-state index < -0.39 is 5.60 Å². The van der Waals surface area contributed by atoms with Crippen molar-refractivity contribution in [2.24, 2.45) is 5.73 Å². The van der Waals surface area contributed by atoms with Gasteiger partial charge in [0.1, 0.15) is 5.60 Å². The zero-order valence-corrected chi connectivity index (χ0v) is 4.92. The van der Waals surface area contributed by atoms with Crippen molar-refractivity contribution in [3.63, 3.8) is 0 Å². The SMILES string of the molecule is C[C@]1(O)COC[C@@H]1N. The van der Waals surface area contributed by atoms with Crippen LogP contribution < -0.4 is 5.73 Å². The maximum absolute atomic E-state index is 9.21. The molecule has 8 heavy (non-hydrogen) atoms. The number of hydrogen-bond donors (Lipinski definition) is 2. The van der Waals surface area contributed by atoms with Crippen molar-refractivity contribution in [3.05, 3.63) is 0 Å². The normalized spacial score (nSPS) is 47.6. The molecule has 0 unspecified atom stereocenters. The molecule has 0 saturated carbocycles. The summed E-state index contributed by atoms with van der Waals surface area (Å²) in [7, 11) is 0. The van der Waals surface area contributed by atoms with Crippen LogP contribution in [0.1, 0.15) is 6.92 Å². The van der Waals surface area contributed by atoms with Crippen molar-refractivity contribution in [1.82, 2.24) is 0 Å². The summed E-state index contributed by atoms with van der Waals surface area (Å²) in [6.07, 6.45) is 0. The molecule has 2 atom stereocenters. The van der Waals surface area contributed by atoms with Gasteiger partial charge in [-0.3, -0.25) is 0 Å². The Morgan fingerprint density at radius 3 is 2.62 bits per heavy atom. The van der Waals surface area contributed by atoms with E-state index in [1.165, 1.54) is 0 Å². The summed E-state index contributed by atoms with van der Waals surface area (Å²) in [6, 6.07) is -0.206. The molecule has 0 bridgehead atoms. The summed E-state index contributed by atoms with van der Waals surface area (Å²) in [4.78, 5) is 0. The van der Waals surface area contributed by atoms with E-state index in [9.17, 15) is 5.11 Å². The van der Waals surface area contributed by atoms with E-state index >= 15 is 0 Å². The molecule has 0 amide bonds. The first-order valence-electron chi connectivity index (χ1n) is 2.68. The van der Waals surface area contributed by atoms with Crippen LogP contribution in [0.15, 0.2) is 0 Å². The third-order valence-electron chi connectivity index (χ3n) is 1.49. The van der Waals surface area contributed by atoms with Crippen LogP contribution in [0.2, 0.25) is 0 Å². The fourth-order valence-electron chi connectivity index (χ4n) is 0.679. The van der Waals surface area contributed by atoms with Gasteiger partial charge in [0.2, 0.25) is 0 Å². The third kappa shape index (κ3) is 0.844. The topological polar surface area (TPSA) is 55.5 Å². The van der Waals surface area contributed by atoms with Crippen molar-refractivity contribution >= 4 is 0 Å². The molecular formula is C5H11NO2. The summed E-state index contributed by atoms with van der Waals surface area (Å²) in [5.41, 5.74) is 4.65. The molecule has 3 heteroatoms. The molecule has 1 heterocycles. The lowest BCUT2D eigenvalue weighted by Crippen LogP contribution is -2.43. The van der Waals surface area contributed by atoms with Crippen LogP contribution in [0, 0.1) is 0 Å². The van der Waals surface area contributed by atoms with Crippen molar-refractivity contribution in [3.8, 4) is 0 Å². The fourth-order valence-corrected chi connectivity index (χ4v) is 0.679. The summed E-state index contributed by atoms with van der Waals surface area (Å²) < 4.78 is 4.90. The summed E-state index contributed by atoms with van der Waals surface area (Å²) in [6.45, 7) is 2.53. The van der Waals surface area contributed by atoms with Gasteiger partial charge in [-0.05, 0) is 6.92 Å². The molecule has 3 nitrogen and oxygen atoms in total. The highest BCUT2D eigenvalue weighted by atomic mass is 16.5. The molecule has 0 radical (unpaired) electrons. The van der Waals surface area contributed by atoms with Crippen LogP contribution in [0.5, 0.6) is 0 Å². The Kier molecular flexibility index (Phi) is 1.27. The van der Waals surface area contributed by atoms with Crippen molar-refractivity contribution in [1.29, 1.82) is 0 Å². The fraction of sp³-hybridized carbons (Fsp3) is 1.00. The Morgan fingerprint density at radius 2 is 2.50 bits per heavy atom. The Hall–Kier alpha value is -0.120. The number of aliphatic hydroxyl groups is 1. The maximum Gasteiger partial charge on any atom is 0.102 e. The first-order chi connectivity index (χ1) is 3.63. The monoisotopic (exact) mass is 117 g/mol. The van der Waals surface area contributed by atoms with Gasteiger partial charge in [0, 0.05) is 0 Å². The van der Waals surface area contributed by atoms with E-state index in [0.29, 0.717) is 13.2 Å². The summed E-state index contributed by atoms with van der Waals surface area (Å²) >= 11 is 0. The van der Waals surface area contributed by atoms with Gasteiger partial charge < -0.3 is 15.6 Å². The molecule has 0 aromatic heterocycles. The Bertz CT molecular complexity index is 92.4. The van der Waals surface area contributed by atoms with E-state index in [0.717, 1.165) is 0 Å². The van der Waals surface area contributed by atoms with E-state index in [1.807, 2.05) is 0 Å². The van der Waals surface area contributed by atoms with Crippen molar-refractivity contribution in [2.45, 2.75) is 18.6 Å². The number of rotatable bonds is 0. The number of ether oxygens (including phenoxy) is 1. The van der Waals surface area contributed by atoms with Gasteiger partial charge in [0.05, 0.1) is 19.3 Å². The third-order valence-corrected chi connectivity index (χ3v) is 1.49. The molecule has 0 aliphatic carbocycles. The first-order valence-corrected chi connectivity index (χ1v) is 2.68. The van der Waals surface area contributed by atoms with Crippen LogP contribution in [0.3, 0.4) is 0 Å². The highest BCUT2D eigenvalue weighted by Crippen LogP contribution is 2.15. The molecule has 48 valence electrons. The van der Waals surface area contributed by atoms with Crippen LogP contribution in [0.4, 0.5) is 0 Å². The van der Waals surface area contributed by atoms with Gasteiger partial charge in [0.15, 0.2) is 0 Å². The van der Waals surface area contributed by atoms with Gasteiger partial charge >= 0.3 is 0 Å². The maximum atomic E-state index is 9.21. The Labute approximate surface area is 48.4 Å². The highest BCUT2D eigenvalue weighted by Gasteiger charge is 2.34. The standard InChI is InChI=1S/C5H11NO2/c1-5(7)3-8-2-4(5)6/h4,7H,2-3,6H2,1H3/t4-,5-/m0/s1. The van der Waals surface area contributed by atoms with Gasteiger partial charge in [-0.2, -0.15) is 0 Å². The van der Waals surface area contributed by atoms with Crippen LogP contribution >= 0.6 is 0 Å². The van der Waals surface area contributed by atoms with E-state index in [1.54, 1.807) is 6.92 Å². The molecule has 1 aliphatic rings. The Balaban J connectivity index is 2.54. The number of hydrogen-bond acceptors (Lipinski definition) is 3. The molecule has 1 rings (SSSR count). The zero-order valence-electron chi connectivity index (χ0n) is 4.92. The molecule has 1 fully saturated rings. The van der Waals surface area contributed by atoms with E-state index in [2.05, 4.69) is 0 Å². The summed E-state index contributed by atoms with van der Waals surface area (Å²) in [5, 5.41) is 9.21.